The number of amides is 1. The maximum Gasteiger partial charge on any atom is 0.277 e. The molecule has 1 fully saturated rings. The lowest BCUT2D eigenvalue weighted by atomic mass is 10.1. The van der Waals surface area contributed by atoms with Gasteiger partial charge in [0.25, 0.3) is 11.5 Å². The van der Waals surface area contributed by atoms with E-state index < -0.39 is 5.56 Å². The Labute approximate surface area is 147 Å². The van der Waals surface area contributed by atoms with Gasteiger partial charge in [-0.2, -0.15) is 5.10 Å². The highest BCUT2D eigenvalue weighted by Gasteiger charge is 2.26. The summed E-state index contributed by atoms with van der Waals surface area (Å²) in [6, 6.07) is 8.50. The summed E-state index contributed by atoms with van der Waals surface area (Å²) in [6.45, 7) is 9.42. The molecule has 0 aliphatic carbocycles. The van der Waals surface area contributed by atoms with Gasteiger partial charge in [0.2, 0.25) is 0 Å². The fourth-order valence-electron chi connectivity index (χ4n) is 3.22. The Morgan fingerprint density at radius 1 is 1.16 bits per heavy atom. The Balaban J connectivity index is 1.65. The Hall–Kier alpha value is -2.47. The number of nitrogens with one attached hydrogen (secondary N) is 1. The zero-order chi connectivity index (χ0) is 18.0. The fourth-order valence-corrected chi connectivity index (χ4v) is 3.22. The highest BCUT2D eigenvalue weighted by molar-refractivity contribution is 5.95. The molecule has 1 aliphatic rings. The minimum absolute atomic E-state index is 0.195. The fraction of sp³-hybridized carbons (Fsp3) is 0.421. The van der Waals surface area contributed by atoms with Crippen LogP contribution in [0.25, 0.3) is 0 Å². The highest BCUT2D eigenvalue weighted by Crippen LogP contribution is 2.13. The summed E-state index contributed by atoms with van der Waals surface area (Å²) >= 11 is 0. The van der Waals surface area contributed by atoms with E-state index in [9.17, 15) is 9.59 Å². The SMILES string of the molecule is Cc1cccc(CN2CCN(C(=O)c3c(C)c(C)n[nH]c3=O)CC2)c1. The molecule has 0 saturated carbocycles. The Kier molecular flexibility index (Phi) is 4.99. The number of aryl methyl sites for hydroxylation is 2. The van der Waals surface area contributed by atoms with E-state index in [4.69, 9.17) is 0 Å². The van der Waals surface area contributed by atoms with Crippen molar-refractivity contribution in [3.8, 4) is 0 Å². The van der Waals surface area contributed by atoms with Gasteiger partial charge in [0.05, 0.1) is 5.69 Å². The largest absolute Gasteiger partial charge is 0.336 e. The molecule has 0 unspecified atom stereocenters. The monoisotopic (exact) mass is 340 g/mol. The van der Waals surface area contributed by atoms with Gasteiger partial charge in [-0.25, -0.2) is 5.10 Å². The van der Waals surface area contributed by atoms with E-state index in [0.717, 1.165) is 19.6 Å². The summed E-state index contributed by atoms with van der Waals surface area (Å²) < 4.78 is 0. The molecule has 6 nitrogen and oxygen atoms in total. The predicted octanol–water partition coefficient (Wildman–Crippen LogP) is 1.65. The Bertz CT molecular complexity index is 836. The van der Waals surface area contributed by atoms with Crippen LogP contribution < -0.4 is 5.56 Å². The first-order chi connectivity index (χ1) is 12.0. The molecule has 0 bridgehead atoms. The molecule has 6 heteroatoms. The van der Waals surface area contributed by atoms with E-state index in [1.54, 1.807) is 18.7 Å². The van der Waals surface area contributed by atoms with Crippen LogP contribution in [-0.4, -0.2) is 52.1 Å². The van der Waals surface area contributed by atoms with Gasteiger partial charge in [-0.3, -0.25) is 14.5 Å². The Morgan fingerprint density at radius 3 is 2.56 bits per heavy atom. The van der Waals surface area contributed by atoms with E-state index in [0.29, 0.717) is 24.3 Å². The van der Waals surface area contributed by atoms with Crippen molar-refractivity contribution >= 4 is 5.91 Å². The summed E-state index contributed by atoms with van der Waals surface area (Å²) in [5.41, 5.74) is 3.71. The molecule has 1 aromatic carbocycles. The first kappa shape index (κ1) is 17.4. The van der Waals surface area contributed by atoms with Crippen molar-refractivity contribution in [3.63, 3.8) is 0 Å². The number of rotatable bonds is 3. The highest BCUT2D eigenvalue weighted by atomic mass is 16.2. The average molecular weight is 340 g/mol. The van der Waals surface area contributed by atoms with Crippen molar-refractivity contribution in [2.24, 2.45) is 0 Å². The van der Waals surface area contributed by atoms with Crippen molar-refractivity contribution in [2.75, 3.05) is 26.2 Å². The predicted molar refractivity (Wildman–Crippen MR) is 96.7 cm³/mol. The molecule has 1 aliphatic heterocycles. The van der Waals surface area contributed by atoms with Crippen LogP contribution in [0.5, 0.6) is 0 Å². The zero-order valence-corrected chi connectivity index (χ0v) is 15.0. The van der Waals surface area contributed by atoms with Crippen LogP contribution in [0, 0.1) is 20.8 Å². The number of piperazine rings is 1. The van der Waals surface area contributed by atoms with Gasteiger partial charge in [-0.15, -0.1) is 0 Å². The zero-order valence-electron chi connectivity index (χ0n) is 15.0. The molecule has 2 aromatic rings. The number of H-pyrrole nitrogens is 1. The van der Waals surface area contributed by atoms with Crippen molar-refractivity contribution in [3.05, 3.63) is 62.6 Å². The molecule has 1 amide bonds. The van der Waals surface area contributed by atoms with Gasteiger partial charge < -0.3 is 4.90 Å². The Morgan fingerprint density at radius 2 is 1.88 bits per heavy atom. The maximum atomic E-state index is 12.8. The molecule has 1 aromatic heterocycles. The van der Waals surface area contributed by atoms with Crippen LogP contribution in [0.15, 0.2) is 29.1 Å². The number of aromatic nitrogens is 2. The van der Waals surface area contributed by atoms with Gasteiger partial charge in [0.15, 0.2) is 0 Å². The third-order valence-electron chi connectivity index (χ3n) is 4.83. The molecule has 0 spiro atoms. The van der Waals surface area contributed by atoms with E-state index >= 15 is 0 Å². The van der Waals surface area contributed by atoms with Crippen LogP contribution >= 0.6 is 0 Å². The van der Waals surface area contributed by atoms with Crippen LogP contribution in [-0.2, 0) is 6.54 Å². The van der Waals surface area contributed by atoms with Gasteiger partial charge >= 0.3 is 0 Å². The molecule has 0 atom stereocenters. The van der Waals surface area contributed by atoms with Gasteiger partial charge in [-0.05, 0) is 31.9 Å². The van der Waals surface area contributed by atoms with Crippen LogP contribution in [0.3, 0.4) is 0 Å². The molecule has 1 N–H and O–H groups in total. The number of benzene rings is 1. The number of hydrogen-bond donors (Lipinski definition) is 1. The summed E-state index contributed by atoms with van der Waals surface area (Å²) in [5.74, 6) is -0.195. The minimum Gasteiger partial charge on any atom is -0.336 e. The number of nitrogens with zero attached hydrogens (tertiary/aromatic N) is 3. The van der Waals surface area contributed by atoms with Crippen LogP contribution in [0.1, 0.15) is 32.7 Å². The summed E-state index contributed by atoms with van der Waals surface area (Å²) in [5, 5.41) is 6.33. The minimum atomic E-state index is -0.407. The smallest absolute Gasteiger partial charge is 0.277 e. The van der Waals surface area contributed by atoms with E-state index in [-0.39, 0.29) is 11.5 Å². The molecule has 3 rings (SSSR count). The lowest BCUT2D eigenvalue weighted by molar-refractivity contribution is 0.0625. The normalized spacial score (nSPS) is 15.4. The summed E-state index contributed by atoms with van der Waals surface area (Å²) in [7, 11) is 0. The van der Waals surface area contributed by atoms with Crippen LogP contribution in [0.2, 0.25) is 0 Å². The lowest BCUT2D eigenvalue weighted by Crippen LogP contribution is -2.49. The number of carbonyl (C=O) groups is 1. The number of carbonyl (C=O) groups excluding carboxylic acids is 1. The van der Waals surface area contributed by atoms with Gasteiger partial charge in [-0.1, -0.05) is 29.8 Å². The van der Waals surface area contributed by atoms with Crippen molar-refractivity contribution < 1.29 is 4.79 Å². The van der Waals surface area contributed by atoms with Crippen molar-refractivity contribution in [1.82, 2.24) is 20.0 Å². The first-order valence-corrected chi connectivity index (χ1v) is 8.59. The molecule has 132 valence electrons. The van der Waals surface area contributed by atoms with E-state index in [1.165, 1.54) is 11.1 Å². The maximum absolute atomic E-state index is 12.8. The molecule has 1 saturated heterocycles. The molecule has 2 heterocycles. The topological polar surface area (TPSA) is 69.3 Å². The average Bonchev–Trinajstić information content (AvgIpc) is 2.59. The van der Waals surface area contributed by atoms with Gasteiger partial charge in [0.1, 0.15) is 5.56 Å². The first-order valence-electron chi connectivity index (χ1n) is 8.59. The second kappa shape index (κ2) is 7.19. The van der Waals surface area contributed by atoms with Crippen LogP contribution in [0.4, 0.5) is 0 Å². The summed E-state index contributed by atoms with van der Waals surface area (Å²) in [4.78, 5) is 28.9. The summed E-state index contributed by atoms with van der Waals surface area (Å²) in [6.07, 6.45) is 0. The molecule has 25 heavy (non-hydrogen) atoms. The third kappa shape index (κ3) is 3.79. The lowest BCUT2D eigenvalue weighted by Gasteiger charge is -2.35. The second-order valence-corrected chi connectivity index (χ2v) is 6.70. The van der Waals surface area contributed by atoms with E-state index in [1.807, 2.05) is 0 Å². The number of aromatic amines is 1. The second-order valence-electron chi connectivity index (χ2n) is 6.70. The molecular weight excluding hydrogens is 316 g/mol. The van der Waals surface area contributed by atoms with Crippen molar-refractivity contribution in [2.45, 2.75) is 27.3 Å². The third-order valence-corrected chi connectivity index (χ3v) is 4.83. The van der Waals surface area contributed by atoms with Gasteiger partial charge in [0, 0.05) is 32.7 Å². The standard InChI is InChI=1S/C19H24N4O2/c1-13-5-4-6-16(11-13)12-22-7-9-23(10-8-22)19(25)17-14(2)15(3)20-21-18(17)24/h4-6,11H,7-10,12H2,1-3H3,(H,21,24). The quantitative estimate of drug-likeness (QED) is 0.922. The van der Waals surface area contributed by atoms with Crippen molar-refractivity contribution in [1.29, 1.82) is 0 Å². The van der Waals surface area contributed by atoms with E-state index in [2.05, 4.69) is 46.3 Å². The number of hydrogen-bond acceptors (Lipinski definition) is 4. The molecular formula is C19H24N4O2. The molecule has 0 radical (unpaired) electrons.